The predicted molar refractivity (Wildman–Crippen MR) is 122 cm³/mol. The van der Waals surface area contributed by atoms with Crippen molar-refractivity contribution in [2.24, 2.45) is 5.92 Å². The lowest BCUT2D eigenvalue weighted by Gasteiger charge is -2.39. The second-order valence-electron chi connectivity index (χ2n) is 7.21. The quantitative estimate of drug-likeness (QED) is 0.381. The number of carboxylic acids is 2. The lowest BCUT2D eigenvalue weighted by Crippen LogP contribution is -2.44. The van der Waals surface area contributed by atoms with Gasteiger partial charge in [-0.1, -0.05) is 74.5 Å². The highest BCUT2D eigenvalue weighted by atomic mass is 16.6. The summed E-state index contributed by atoms with van der Waals surface area (Å²) in [6.07, 6.45) is 2.15. The number of carbonyl (C=O) groups excluding carboxylic acids is 1. The number of rotatable bonds is 10. The van der Waals surface area contributed by atoms with Crippen LogP contribution in [0.1, 0.15) is 31.4 Å². The normalized spacial score (nSPS) is 13.3. The molecule has 172 valence electrons. The number of carboxylic acid groups (broad SMARTS) is 2. The van der Waals surface area contributed by atoms with Gasteiger partial charge in [-0.3, -0.25) is 4.79 Å². The molecule has 0 spiro atoms. The van der Waals surface area contributed by atoms with Crippen molar-refractivity contribution in [3.05, 3.63) is 83.9 Å². The summed E-state index contributed by atoms with van der Waals surface area (Å²) >= 11 is 0. The Bertz CT molecular complexity index is 866. The Morgan fingerprint density at radius 2 is 1.47 bits per heavy atom. The van der Waals surface area contributed by atoms with Gasteiger partial charge in [0, 0.05) is 37.5 Å². The van der Waals surface area contributed by atoms with Crippen LogP contribution in [0.25, 0.3) is 0 Å². The smallest absolute Gasteiger partial charge is 0.328 e. The minimum absolute atomic E-state index is 0.126. The van der Waals surface area contributed by atoms with Gasteiger partial charge in [-0.15, -0.1) is 0 Å². The number of hydrogen-bond donors (Lipinski definition) is 3. The van der Waals surface area contributed by atoms with Crippen LogP contribution in [0.2, 0.25) is 0 Å². The second-order valence-corrected chi connectivity index (χ2v) is 7.21. The third-order valence-corrected chi connectivity index (χ3v) is 4.83. The number of esters is 1. The Morgan fingerprint density at radius 3 is 1.91 bits per heavy atom. The monoisotopic (exact) mass is 441 g/mol. The van der Waals surface area contributed by atoms with Crippen LogP contribution >= 0.6 is 0 Å². The van der Waals surface area contributed by atoms with Gasteiger partial charge in [0.25, 0.3) is 0 Å². The minimum atomic E-state index is -1.26. The molecule has 2 atom stereocenters. The molecule has 0 aliphatic rings. The fourth-order valence-electron chi connectivity index (χ4n) is 3.26. The lowest BCUT2D eigenvalue weighted by atomic mass is 9.77. The van der Waals surface area contributed by atoms with Crippen molar-refractivity contribution < 1.29 is 29.3 Å². The van der Waals surface area contributed by atoms with Crippen molar-refractivity contribution in [2.45, 2.75) is 32.3 Å². The van der Waals surface area contributed by atoms with Gasteiger partial charge in [-0.25, -0.2) is 9.59 Å². The molecule has 7 nitrogen and oxygen atoms in total. The van der Waals surface area contributed by atoms with Gasteiger partial charge in [0.15, 0.2) is 0 Å². The number of benzene rings is 2. The van der Waals surface area contributed by atoms with E-state index in [1.54, 1.807) is 0 Å². The molecule has 0 fully saturated rings. The zero-order valence-electron chi connectivity index (χ0n) is 18.7. The van der Waals surface area contributed by atoms with Crippen molar-refractivity contribution in [3.63, 3.8) is 0 Å². The number of ether oxygens (including phenoxy) is 1. The summed E-state index contributed by atoms with van der Waals surface area (Å²) in [4.78, 5) is 31.4. The Balaban J connectivity index is 0.000000547. The molecule has 0 heterocycles. The van der Waals surface area contributed by atoms with Crippen LogP contribution in [-0.4, -0.2) is 41.7 Å². The number of nitrogens with one attached hydrogen (secondary N) is 1. The SMILES string of the molecule is CCC(=O)OC(Cc1ccccc1)(c1ccccc1)C(C)CNC.O=C(O)/C=C\C(=O)O. The van der Waals surface area contributed by atoms with E-state index >= 15 is 0 Å². The Kier molecular flexibility index (Phi) is 11.4. The van der Waals surface area contributed by atoms with Crippen LogP contribution in [0.3, 0.4) is 0 Å². The molecule has 0 saturated carbocycles. The molecule has 0 aliphatic heterocycles. The van der Waals surface area contributed by atoms with Crippen LogP contribution in [0, 0.1) is 5.92 Å². The van der Waals surface area contributed by atoms with E-state index in [-0.39, 0.29) is 11.9 Å². The summed E-state index contributed by atoms with van der Waals surface area (Å²) in [5, 5.41) is 18.9. The largest absolute Gasteiger partial charge is 0.478 e. The van der Waals surface area contributed by atoms with Crippen molar-refractivity contribution in [2.75, 3.05) is 13.6 Å². The summed E-state index contributed by atoms with van der Waals surface area (Å²) in [5.41, 5.74) is 1.52. The van der Waals surface area contributed by atoms with Gasteiger partial charge in [-0.05, 0) is 18.2 Å². The van der Waals surface area contributed by atoms with Gasteiger partial charge in [0.2, 0.25) is 0 Å². The van der Waals surface area contributed by atoms with Crippen molar-refractivity contribution >= 4 is 17.9 Å². The molecule has 2 aromatic carbocycles. The van der Waals surface area contributed by atoms with Gasteiger partial charge in [-0.2, -0.15) is 0 Å². The van der Waals surface area contributed by atoms with Crippen LogP contribution in [0.4, 0.5) is 0 Å². The van der Waals surface area contributed by atoms with Crippen molar-refractivity contribution in [1.29, 1.82) is 0 Å². The van der Waals surface area contributed by atoms with Gasteiger partial charge >= 0.3 is 17.9 Å². The third kappa shape index (κ3) is 8.73. The van der Waals surface area contributed by atoms with E-state index in [2.05, 4.69) is 36.5 Å². The van der Waals surface area contributed by atoms with Gasteiger partial charge < -0.3 is 20.3 Å². The predicted octanol–water partition coefficient (Wildman–Crippen LogP) is 3.65. The molecule has 2 aromatic rings. The maximum Gasteiger partial charge on any atom is 0.328 e. The maximum absolute atomic E-state index is 12.3. The summed E-state index contributed by atoms with van der Waals surface area (Å²) < 4.78 is 6.11. The van der Waals surface area contributed by atoms with Gasteiger partial charge in [0.05, 0.1) is 0 Å². The topological polar surface area (TPSA) is 113 Å². The van der Waals surface area contributed by atoms with E-state index < -0.39 is 17.5 Å². The maximum atomic E-state index is 12.3. The number of hydrogen-bond acceptors (Lipinski definition) is 5. The summed E-state index contributed by atoms with van der Waals surface area (Å²) in [6, 6.07) is 20.3. The van der Waals surface area contributed by atoms with Crippen LogP contribution < -0.4 is 5.32 Å². The molecule has 2 rings (SSSR count). The zero-order chi connectivity index (χ0) is 24.0. The highest BCUT2D eigenvalue weighted by Gasteiger charge is 2.41. The summed E-state index contributed by atoms with van der Waals surface area (Å²) in [5.74, 6) is -2.56. The van der Waals surface area contributed by atoms with Crippen LogP contribution in [0.5, 0.6) is 0 Å². The van der Waals surface area contributed by atoms with E-state index in [9.17, 15) is 14.4 Å². The first-order chi connectivity index (χ1) is 15.2. The van der Waals surface area contributed by atoms with Crippen LogP contribution in [-0.2, 0) is 31.1 Å². The highest BCUT2D eigenvalue weighted by molar-refractivity contribution is 5.89. The highest BCUT2D eigenvalue weighted by Crippen LogP contribution is 2.37. The standard InChI is InChI=1S/C21H27NO2.C4H4O4/c1-4-20(23)24-21(17(2)16-22-3,19-13-9-6-10-14-19)15-18-11-7-5-8-12-18;5-3(6)1-2-4(7)8/h5-14,17,22H,4,15-16H2,1-3H3;1-2H,(H,5,6)(H,7,8)/b;2-1-. The Morgan fingerprint density at radius 1 is 0.969 bits per heavy atom. The van der Waals surface area contributed by atoms with Crippen molar-refractivity contribution in [3.8, 4) is 0 Å². The number of carbonyl (C=O) groups is 3. The average molecular weight is 442 g/mol. The first-order valence-corrected chi connectivity index (χ1v) is 10.3. The molecule has 0 amide bonds. The Hall–Kier alpha value is -3.45. The molecule has 32 heavy (non-hydrogen) atoms. The van der Waals surface area contributed by atoms with E-state index in [4.69, 9.17) is 14.9 Å². The summed E-state index contributed by atoms with van der Waals surface area (Å²) in [7, 11) is 1.93. The fraction of sp³-hybridized carbons (Fsp3) is 0.320. The van der Waals surface area contributed by atoms with E-state index in [1.807, 2.05) is 50.4 Å². The van der Waals surface area contributed by atoms with E-state index in [0.717, 1.165) is 17.7 Å². The molecule has 2 unspecified atom stereocenters. The number of aliphatic carboxylic acids is 2. The molecule has 3 N–H and O–H groups in total. The first-order valence-electron chi connectivity index (χ1n) is 10.3. The van der Waals surface area contributed by atoms with Crippen LogP contribution in [0.15, 0.2) is 72.8 Å². The van der Waals surface area contributed by atoms with Crippen molar-refractivity contribution in [1.82, 2.24) is 5.32 Å². The second kappa shape index (κ2) is 13.8. The minimum Gasteiger partial charge on any atom is -0.478 e. The zero-order valence-corrected chi connectivity index (χ0v) is 18.7. The molecule has 0 saturated heterocycles. The molecule has 0 aliphatic carbocycles. The molecule has 0 bridgehead atoms. The average Bonchev–Trinajstić information content (AvgIpc) is 2.79. The molecular weight excluding hydrogens is 410 g/mol. The first kappa shape index (κ1) is 26.6. The third-order valence-electron chi connectivity index (χ3n) is 4.83. The van der Waals surface area contributed by atoms with E-state index in [0.29, 0.717) is 25.0 Å². The molecular formula is C25H31NO6. The lowest BCUT2D eigenvalue weighted by molar-refractivity contribution is -0.167. The van der Waals surface area contributed by atoms with E-state index in [1.165, 1.54) is 0 Å². The molecule has 0 radical (unpaired) electrons. The fourth-order valence-corrected chi connectivity index (χ4v) is 3.26. The summed E-state index contributed by atoms with van der Waals surface area (Å²) in [6.45, 7) is 4.73. The molecule has 7 heteroatoms. The Labute approximate surface area is 188 Å². The molecule has 0 aromatic heterocycles. The van der Waals surface area contributed by atoms with Gasteiger partial charge in [0.1, 0.15) is 5.60 Å².